The van der Waals surface area contributed by atoms with E-state index in [4.69, 9.17) is 14.2 Å². The maximum Gasteiger partial charge on any atom is 0.218 e. The van der Waals surface area contributed by atoms with E-state index >= 15 is 0 Å². The van der Waals surface area contributed by atoms with Gasteiger partial charge in [0.05, 0.1) is 19.8 Å². The number of likely N-dealkylation sites (tertiary alicyclic amines) is 1. The molecule has 158 valence electrons. The Bertz CT molecular complexity index is 613. The van der Waals surface area contributed by atoms with Crippen molar-refractivity contribution in [2.24, 2.45) is 4.99 Å². The Balaban J connectivity index is 0.00000280. The average molecular weight is 505 g/mol. The number of nitrogens with zero attached hydrogens (tertiary/aromatic N) is 4. The Morgan fingerprint density at radius 1 is 1.32 bits per heavy atom. The summed E-state index contributed by atoms with van der Waals surface area (Å²) in [6.45, 7) is 7.43. The molecule has 9 heteroatoms. The lowest BCUT2D eigenvalue weighted by Crippen LogP contribution is -2.46. The van der Waals surface area contributed by atoms with Crippen molar-refractivity contribution < 1.29 is 14.2 Å². The zero-order valence-electron chi connectivity index (χ0n) is 16.8. The Kier molecular flexibility index (Phi) is 10.2. The Morgan fingerprint density at radius 3 is 2.89 bits per heavy atom. The second-order valence-corrected chi connectivity index (χ2v) is 6.75. The smallest absolute Gasteiger partial charge is 0.218 e. The molecule has 1 atom stereocenters. The number of rotatable bonds is 7. The highest BCUT2D eigenvalue weighted by Gasteiger charge is 2.30. The summed E-state index contributed by atoms with van der Waals surface area (Å²) in [7, 11) is 3.50. The van der Waals surface area contributed by atoms with Crippen LogP contribution in [0, 0.1) is 0 Å². The van der Waals surface area contributed by atoms with E-state index in [2.05, 4.69) is 25.1 Å². The molecular weight excluding hydrogens is 473 g/mol. The maximum atomic E-state index is 5.72. The van der Waals surface area contributed by atoms with Crippen molar-refractivity contribution in [2.45, 2.75) is 19.0 Å². The van der Waals surface area contributed by atoms with Crippen molar-refractivity contribution in [3.8, 4) is 5.88 Å². The van der Waals surface area contributed by atoms with Crippen LogP contribution in [0.25, 0.3) is 0 Å². The highest BCUT2D eigenvalue weighted by Crippen LogP contribution is 2.18. The lowest BCUT2D eigenvalue weighted by molar-refractivity contribution is 0.0195. The van der Waals surface area contributed by atoms with E-state index in [1.54, 1.807) is 13.3 Å². The van der Waals surface area contributed by atoms with Crippen LogP contribution in [0.1, 0.15) is 12.0 Å². The number of ether oxygens (including phenoxy) is 3. The second kappa shape index (κ2) is 12.4. The van der Waals surface area contributed by atoms with E-state index in [1.165, 1.54) is 6.42 Å². The van der Waals surface area contributed by atoms with E-state index in [-0.39, 0.29) is 24.0 Å². The van der Waals surface area contributed by atoms with Gasteiger partial charge >= 0.3 is 0 Å². The van der Waals surface area contributed by atoms with E-state index in [9.17, 15) is 0 Å². The first-order valence-electron chi connectivity index (χ1n) is 9.65. The summed E-state index contributed by atoms with van der Waals surface area (Å²) >= 11 is 0. The van der Waals surface area contributed by atoms with Crippen LogP contribution in [0.2, 0.25) is 0 Å². The molecule has 0 aromatic carbocycles. The normalized spacial score (nSPS) is 20.7. The fourth-order valence-electron chi connectivity index (χ4n) is 3.59. The van der Waals surface area contributed by atoms with Gasteiger partial charge < -0.3 is 24.4 Å². The van der Waals surface area contributed by atoms with Crippen molar-refractivity contribution in [3.63, 3.8) is 0 Å². The molecule has 3 rings (SSSR count). The van der Waals surface area contributed by atoms with Crippen molar-refractivity contribution >= 4 is 29.9 Å². The predicted molar refractivity (Wildman–Crippen MR) is 120 cm³/mol. The molecule has 0 spiro atoms. The molecule has 2 aliphatic heterocycles. The van der Waals surface area contributed by atoms with E-state index < -0.39 is 0 Å². The molecule has 2 saturated heterocycles. The van der Waals surface area contributed by atoms with Crippen molar-refractivity contribution in [1.82, 2.24) is 20.1 Å². The first-order valence-corrected chi connectivity index (χ1v) is 9.65. The minimum Gasteiger partial charge on any atom is -0.475 e. The van der Waals surface area contributed by atoms with Crippen LogP contribution in [0.4, 0.5) is 0 Å². The molecule has 1 aromatic heterocycles. The van der Waals surface area contributed by atoms with Gasteiger partial charge in [-0.15, -0.1) is 24.0 Å². The van der Waals surface area contributed by atoms with Crippen molar-refractivity contribution in [2.75, 3.05) is 66.8 Å². The summed E-state index contributed by atoms with van der Waals surface area (Å²) < 4.78 is 16.2. The first-order chi connectivity index (χ1) is 13.3. The lowest BCUT2D eigenvalue weighted by Gasteiger charge is -2.32. The molecule has 2 aliphatic rings. The summed E-state index contributed by atoms with van der Waals surface area (Å²) in [6, 6.07) is 4.53. The number of aliphatic imine (C=N–C) groups is 1. The highest BCUT2D eigenvalue weighted by atomic mass is 127. The number of aromatic nitrogens is 1. The topological polar surface area (TPSA) is 71.5 Å². The fourth-order valence-corrected chi connectivity index (χ4v) is 3.59. The third-order valence-corrected chi connectivity index (χ3v) is 5.05. The van der Waals surface area contributed by atoms with Crippen LogP contribution in [-0.4, -0.2) is 93.5 Å². The molecule has 0 saturated carbocycles. The number of hydrogen-bond acceptors (Lipinski definition) is 6. The number of nitrogens with one attached hydrogen (secondary N) is 1. The number of methoxy groups -OCH3 is 1. The van der Waals surface area contributed by atoms with Crippen LogP contribution < -0.4 is 10.1 Å². The van der Waals surface area contributed by atoms with Gasteiger partial charge in [-0.25, -0.2) is 4.98 Å². The van der Waals surface area contributed by atoms with Gasteiger partial charge in [0.1, 0.15) is 6.61 Å². The SMILES string of the molecule is CN=C(NCc1cccnc1OCCOC)N1CCC(N2CCOCC2)C1.I. The van der Waals surface area contributed by atoms with Crippen LogP contribution >= 0.6 is 24.0 Å². The predicted octanol–water partition coefficient (Wildman–Crippen LogP) is 1.21. The van der Waals surface area contributed by atoms with Crippen LogP contribution in [-0.2, 0) is 16.0 Å². The fraction of sp³-hybridized carbons (Fsp3) is 0.684. The van der Waals surface area contributed by atoms with Gasteiger partial charge in [-0.1, -0.05) is 6.07 Å². The molecule has 0 amide bonds. The molecule has 0 radical (unpaired) electrons. The summed E-state index contributed by atoms with van der Waals surface area (Å²) in [5.41, 5.74) is 1.01. The third-order valence-electron chi connectivity index (χ3n) is 5.05. The third kappa shape index (κ3) is 6.43. The minimum absolute atomic E-state index is 0. The number of guanidine groups is 1. The maximum absolute atomic E-state index is 5.72. The highest BCUT2D eigenvalue weighted by molar-refractivity contribution is 14.0. The largest absolute Gasteiger partial charge is 0.475 e. The average Bonchev–Trinajstić information content (AvgIpc) is 3.20. The van der Waals surface area contributed by atoms with Gasteiger partial charge in [-0.05, 0) is 12.5 Å². The van der Waals surface area contributed by atoms with E-state index in [1.807, 2.05) is 19.2 Å². The zero-order valence-corrected chi connectivity index (χ0v) is 19.1. The molecule has 0 aliphatic carbocycles. The molecular formula is C19H32IN5O3. The molecule has 1 aromatic rings. The standard InChI is InChI=1S/C19H31N5O3.HI/c1-20-19(24-7-5-17(15-24)23-8-10-26-11-9-23)22-14-16-4-3-6-21-18(16)27-13-12-25-2;/h3-4,6,17H,5,7-15H2,1-2H3,(H,20,22);1H. The first kappa shape index (κ1) is 23.1. The lowest BCUT2D eigenvalue weighted by atomic mass is 10.2. The molecule has 28 heavy (non-hydrogen) atoms. The second-order valence-electron chi connectivity index (χ2n) is 6.75. The van der Waals surface area contributed by atoms with E-state index in [0.29, 0.717) is 31.7 Å². The Labute approximate surface area is 184 Å². The quantitative estimate of drug-likeness (QED) is 0.259. The van der Waals surface area contributed by atoms with Crippen LogP contribution in [0.5, 0.6) is 5.88 Å². The van der Waals surface area contributed by atoms with Gasteiger partial charge in [-0.2, -0.15) is 0 Å². The molecule has 2 fully saturated rings. The van der Waals surface area contributed by atoms with Crippen molar-refractivity contribution in [3.05, 3.63) is 23.9 Å². The van der Waals surface area contributed by atoms with Gasteiger partial charge in [0.15, 0.2) is 5.96 Å². The monoisotopic (exact) mass is 505 g/mol. The van der Waals surface area contributed by atoms with Crippen LogP contribution in [0.3, 0.4) is 0 Å². The summed E-state index contributed by atoms with van der Waals surface area (Å²) in [5.74, 6) is 1.57. The van der Waals surface area contributed by atoms with Gasteiger partial charge in [-0.3, -0.25) is 9.89 Å². The van der Waals surface area contributed by atoms with Crippen LogP contribution in [0.15, 0.2) is 23.3 Å². The van der Waals surface area contributed by atoms with Gasteiger partial charge in [0.25, 0.3) is 0 Å². The minimum atomic E-state index is 0. The number of pyridine rings is 1. The van der Waals surface area contributed by atoms with Gasteiger partial charge in [0, 0.05) is 64.7 Å². The summed E-state index contributed by atoms with van der Waals surface area (Å²) in [4.78, 5) is 13.7. The summed E-state index contributed by atoms with van der Waals surface area (Å²) in [5, 5.41) is 3.46. The van der Waals surface area contributed by atoms with E-state index in [0.717, 1.165) is 50.9 Å². The Morgan fingerprint density at radius 2 is 2.14 bits per heavy atom. The summed E-state index contributed by atoms with van der Waals surface area (Å²) in [6.07, 6.45) is 2.91. The molecule has 3 heterocycles. The molecule has 1 N–H and O–H groups in total. The molecule has 8 nitrogen and oxygen atoms in total. The molecule has 0 bridgehead atoms. The number of hydrogen-bond donors (Lipinski definition) is 1. The zero-order chi connectivity index (χ0) is 18.9. The molecule has 1 unspecified atom stereocenters. The number of morpholine rings is 1. The number of halogens is 1. The van der Waals surface area contributed by atoms with Gasteiger partial charge in [0.2, 0.25) is 5.88 Å². The Hall–Kier alpha value is -1.17. The van der Waals surface area contributed by atoms with Crippen molar-refractivity contribution in [1.29, 1.82) is 0 Å².